The number of hydrogen-bond acceptors (Lipinski definition) is 8. The van der Waals surface area contributed by atoms with Gasteiger partial charge in [0, 0.05) is 50.2 Å². The first-order valence-electron chi connectivity index (χ1n) is 11.8. The highest BCUT2D eigenvalue weighted by Gasteiger charge is 2.28. The van der Waals surface area contributed by atoms with Crippen LogP contribution in [0.3, 0.4) is 0 Å². The minimum atomic E-state index is -4.13. The van der Waals surface area contributed by atoms with Gasteiger partial charge in [-0.3, -0.25) is 9.59 Å². The molecule has 1 fully saturated rings. The summed E-state index contributed by atoms with van der Waals surface area (Å²) in [5, 5.41) is 11.8. The van der Waals surface area contributed by atoms with Crippen LogP contribution in [0, 0.1) is 5.82 Å². The lowest BCUT2D eigenvalue weighted by atomic mass is 10.1. The quantitative estimate of drug-likeness (QED) is 0.366. The minimum absolute atomic E-state index is 0.0149. The van der Waals surface area contributed by atoms with Gasteiger partial charge in [-0.05, 0) is 43.3 Å². The molecule has 1 amide bonds. The van der Waals surface area contributed by atoms with Gasteiger partial charge >= 0.3 is 5.97 Å². The Hall–Kier alpha value is -4.10. The van der Waals surface area contributed by atoms with Crippen molar-refractivity contribution in [1.29, 1.82) is 0 Å². The molecule has 1 saturated heterocycles. The molecular formula is C25H27FN6O5S. The summed E-state index contributed by atoms with van der Waals surface area (Å²) in [4.78, 5) is 36.6. The van der Waals surface area contributed by atoms with Crippen LogP contribution < -0.4 is 19.8 Å². The lowest BCUT2D eigenvalue weighted by Crippen LogP contribution is -2.53. The van der Waals surface area contributed by atoms with E-state index in [1.165, 1.54) is 36.4 Å². The van der Waals surface area contributed by atoms with E-state index in [4.69, 9.17) is 0 Å². The van der Waals surface area contributed by atoms with Gasteiger partial charge in [-0.15, -0.1) is 0 Å². The molecule has 2 atom stereocenters. The zero-order valence-corrected chi connectivity index (χ0v) is 21.3. The molecular weight excluding hydrogens is 515 g/mol. The second-order valence-electron chi connectivity index (χ2n) is 8.74. The summed E-state index contributed by atoms with van der Waals surface area (Å²) in [6.07, 6.45) is 3.34. The first-order chi connectivity index (χ1) is 18.2. The molecule has 0 unspecified atom stereocenters. The number of carboxylic acids is 1. The number of aromatic nitrogens is 2. The SMILES string of the molecule is C[C@H]1CN(c2ccc(C(=O)NC[C@H](NS(=O)(=O)c3ccccc3)C(=O)O)cc2F)CCN1c1ncccn1. The van der Waals surface area contributed by atoms with Crippen LogP contribution in [0.25, 0.3) is 0 Å². The van der Waals surface area contributed by atoms with Gasteiger partial charge < -0.3 is 20.2 Å². The van der Waals surface area contributed by atoms with Crippen molar-refractivity contribution >= 4 is 33.5 Å². The molecule has 3 N–H and O–H groups in total. The number of amides is 1. The Morgan fingerprint density at radius 3 is 2.45 bits per heavy atom. The Balaban J connectivity index is 1.38. The van der Waals surface area contributed by atoms with E-state index in [-0.39, 0.29) is 16.5 Å². The van der Waals surface area contributed by atoms with Gasteiger partial charge in [0.2, 0.25) is 16.0 Å². The number of nitrogens with one attached hydrogen (secondary N) is 2. The first-order valence-corrected chi connectivity index (χ1v) is 13.3. The Kier molecular flexibility index (Phi) is 8.17. The van der Waals surface area contributed by atoms with Crippen molar-refractivity contribution in [2.24, 2.45) is 0 Å². The van der Waals surface area contributed by atoms with E-state index in [1.54, 1.807) is 24.5 Å². The van der Waals surface area contributed by atoms with Gasteiger partial charge in [0.1, 0.15) is 11.9 Å². The maximum atomic E-state index is 15.0. The molecule has 2 heterocycles. The molecule has 0 radical (unpaired) electrons. The molecule has 0 bridgehead atoms. The van der Waals surface area contributed by atoms with E-state index >= 15 is 4.39 Å². The van der Waals surface area contributed by atoms with Crippen molar-refractivity contribution in [3.8, 4) is 0 Å². The van der Waals surface area contributed by atoms with E-state index in [9.17, 15) is 23.1 Å². The molecule has 1 aliphatic heterocycles. The van der Waals surface area contributed by atoms with Crippen molar-refractivity contribution in [3.63, 3.8) is 0 Å². The Bertz CT molecular complexity index is 1390. The van der Waals surface area contributed by atoms with Crippen molar-refractivity contribution in [2.75, 3.05) is 36.0 Å². The van der Waals surface area contributed by atoms with Gasteiger partial charge in [0.25, 0.3) is 5.91 Å². The molecule has 200 valence electrons. The van der Waals surface area contributed by atoms with Crippen LogP contribution in [-0.4, -0.2) is 73.6 Å². The van der Waals surface area contributed by atoms with E-state index in [1.807, 2.05) is 16.7 Å². The van der Waals surface area contributed by atoms with Crippen LogP contribution in [0.4, 0.5) is 16.0 Å². The number of hydrogen-bond donors (Lipinski definition) is 3. The number of nitrogens with zero attached hydrogens (tertiary/aromatic N) is 4. The molecule has 13 heteroatoms. The number of rotatable bonds is 9. The highest BCUT2D eigenvalue weighted by Crippen LogP contribution is 2.25. The van der Waals surface area contributed by atoms with Gasteiger partial charge in [-0.1, -0.05) is 18.2 Å². The fourth-order valence-electron chi connectivity index (χ4n) is 4.15. The van der Waals surface area contributed by atoms with Crippen LogP contribution in [0.1, 0.15) is 17.3 Å². The summed E-state index contributed by atoms with van der Waals surface area (Å²) >= 11 is 0. The highest BCUT2D eigenvalue weighted by molar-refractivity contribution is 7.89. The molecule has 0 spiro atoms. The van der Waals surface area contributed by atoms with E-state index in [2.05, 4.69) is 20.0 Å². The number of halogens is 1. The molecule has 4 rings (SSSR count). The second-order valence-corrected chi connectivity index (χ2v) is 10.5. The standard InChI is InChI=1S/C25H27FN6O5S/c1-17-16-31(12-13-32(17)25-27-10-5-11-28-25)22-9-8-18(14-20(22)26)23(33)29-15-21(24(34)35)30-38(36,37)19-6-3-2-4-7-19/h2-11,14,17,21,30H,12-13,15-16H2,1H3,(H,29,33)(H,34,35)/t17-,21-/m0/s1. The maximum Gasteiger partial charge on any atom is 0.323 e. The van der Waals surface area contributed by atoms with Crippen LogP contribution in [0.15, 0.2) is 71.9 Å². The zero-order valence-electron chi connectivity index (χ0n) is 20.5. The number of aliphatic carboxylic acids is 1. The topological polar surface area (TPSA) is 145 Å². The monoisotopic (exact) mass is 542 g/mol. The van der Waals surface area contributed by atoms with Crippen molar-refractivity contribution in [1.82, 2.24) is 20.0 Å². The van der Waals surface area contributed by atoms with Crippen molar-refractivity contribution in [3.05, 3.63) is 78.4 Å². The number of piperazine rings is 1. The molecule has 11 nitrogen and oxygen atoms in total. The fourth-order valence-corrected chi connectivity index (χ4v) is 5.36. The third-order valence-corrected chi connectivity index (χ3v) is 7.59. The Labute approximate surface area is 219 Å². The normalized spacial score (nSPS) is 16.6. The molecule has 1 aliphatic rings. The number of sulfonamides is 1. The molecule has 0 aliphatic carbocycles. The summed E-state index contributed by atoms with van der Waals surface area (Å²) in [7, 11) is -4.13. The predicted molar refractivity (Wildman–Crippen MR) is 138 cm³/mol. The summed E-state index contributed by atoms with van der Waals surface area (Å²) < 4.78 is 42.0. The molecule has 38 heavy (non-hydrogen) atoms. The van der Waals surface area contributed by atoms with Gasteiger partial charge in [-0.2, -0.15) is 4.72 Å². The summed E-state index contributed by atoms with van der Waals surface area (Å²) in [6.45, 7) is 3.08. The summed E-state index contributed by atoms with van der Waals surface area (Å²) in [6, 6.07) is 11.4. The number of benzene rings is 2. The first kappa shape index (κ1) is 26.9. The molecule has 2 aromatic carbocycles. The second kappa shape index (κ2) is 11.5. The fraction of sp³-hybridized carbons (Fsp3) is 0.280. The maximum absolute atomic E-state index is 15.0. The minimum Gasteiger partial charge on any atom is -0.480 e. The van der Waals surface area contributed by atoms with Gasteiger partial charge in [-0.25, -0.2) is 22.8 Å². The van der Waals surface area contributed by atoms with Crippen LogP contribution in [0.2, 0.25) is 0 Å². The third kappa shape index (κ3) is 6.23. The smallest absolute Gasteiger partial charge is 0.323 e. The van der Waals surface area contributed by atoms with Crippen LogP contribution in [0.5, 0.6) is 0 Å². The Morgan fingerprint density at radius 2 is 1.82 bits per heavy atom. The van der Waals surface area contributed by atoms with E-state index in [0.29, 0.717) is 31.3 Å². The predicted octanol–water partition coefficient (Wildman–Crippen LogP) is 1.49. The molecule has 3 aromatic rings. The van der Waals surface area contributed by atoms with E-state index in [0.717, 1.165) is 6.07 Å². The molecule has 1 aromatic heterocycles. The van der Waals surface area contributed by atoms with Crippen molar-refractivity contribution in [2.45, 2.75) is 23.9 Å². The largest absolute Gasteiger partial charge is 0.480 e. The number of anilines is 2. The Morgan fingerprint density at radius 1 is 1.11 bits per heavy atom. The third-order valence-electron chi connectivity index (χ3n) is 6.10. The lowest BCUT2D eigenvalue weighted by molar-refractivity contribution is -0.138. The van der Waals surface area contributed by atoms with Gasteiger partial charge in [0.15, 0.2) is 0 Å². The van der Waals surface area contributed by atoms with E-state index < -0.39 is 40.3 Å². The number of carboxylic acid groups (broad SMARTS) is 1. The van der Waals surface area contributed by atoms with Gasteiger partial charge in [0.05, 0.1) is 10.6 Å². The summed E-state index contributed by atoms with van der Waals surface area (Å²) in [5.74, 6) is -2.20. The zero-order chi connectivity index (χ0) is 27.3. The molecule has 0 saturated carbocycles. The van der Waals surface area contributed by atoms with Crippen molar-refractivity contribution < 1.29 is 27.5 Å². The summed E-state index contributed by atoms with van der Waals surface area (Å²) in [5.41, 5.74) is 0.312. The van der Waals surface area contributed by atoms with Crippen LogP contribution >= 0.6 is 0 Å². The lowest BCUT2D eigenvalue weighted by Gasteiger charge is -2.41. The number of carbonyl (C=O) groups is 2. The average Bonchev–Trinajstić information content (AvgIpc) is 2.91. The highest BCUT2D eigenvalue weighted by atomic mass is 32.2. The average molecular weight is 543 g/mol. The van der Waals surface area contributed by atoms with Crippen LogP contribution in [-0.2, 0) is 14.8 Å². The number of carbonyl (C=O) groups excluding carboxylic acids is 1.